The van der Waals surface area contributed by atoms with Gasteiger partial charge in [-0.15, -0.1) is 0 Å². The smallest absolute Gasteiger partial charge is 0.336 e. The standard InChI is InChI=1S/C21H22O7/c1-5-12(2)20(23)28-17(21(3,4)24)11-26-19-13-6-7-18(22)27-16(13)10-15-14(19)8-9-25-15/h5-10,17,24H,11H2,1-4H3/t17-/m1/s1. The number of allylic oxidation sites excluding steroid dienone is 1. The first-order valence-electron chi connectivity index (χ1n) is 8.84. The lowest BCUT2D eigenvalue weighted by Crippen LogP contribution is -2.44. The first kappa shape index (κ1) is 19.7. The van der Waals surface area contributed by atoms with Crippen LogP contribution in [0.1, 0.15) is 27.7 Å². The summed E-state index contributed by atoms with van der Waals surface area (Å²) in [5.74, 6) is -0.117. The minimum absolute atomic E-state index is 0.106. The van der Waals surface area contributed by atoms with Crippen molar-refractivity contribution in [3.05, 3.63) is 52.6 Å². The molecule has 0 saturated heterocycles. The summed E-state index contributed by atoms with van der Waals surface area (Å²) in [7, 11) is 0. The van der Waals surface area contributed by atoms with Crippen LogP contribution in [0.5, 0.6) is 5.75 Å². The first-order valence-corrected chi connectivity index (χ1v) is 8.84. The van der Waals surface area contributed by atoms with E-state index in [0.29, 0.717) is 33.3 Å². The lowest BCUT2D eigenvalue weighted by molar-refractivity contribution is -0.160. The summed E-state index contributed by atoms with van der Waals surface area (Å²) >= 11 is 0. The van der Waals surface area contributed by atoms with Crippen molar-refractivity contribution in [3.63, 3.8) is 0 Å². The van der Waals surface area contributed by atoms with Crippen molar-refractivity contribution in [2.24, 2.45) is 0 Å². The first-order chi connectivity index (χ1) is 13.2. The van der Waals surface area contributed by atoms with Crippen LogP contribution in [0.4, 0.5) is 0 Å². The maximum Gasteiger partial charge on any atom is 0.336 e. The molecule has 1 atom stereocenters. The summed E-state index contributed by atoms with van der Waals surface area (Å²) in [6.07, 6.45) is 2.20. The molecular weight excluding hydrogens is 364 g/mol. The van der Waals surface area contributed by atoms with Crippen LogP contribution in [0, 0.1) is 0 Å². The topological polar surface area (TPSA) is 99.1 Å². The highest BCUT2D eigenvalue weighted by Gasteiger charge is 2.32. The molecule has 0 unspecified atom stereocenters. The van der Waals surface area contributed by atoms with Gasteiger partial charge in [0, 0.05) is 17.7 Å². The molecule has 7 heteroatoms. The van der Waals surface area contributed by atoms with E-state index in [9.17, 15) is 14.7 Å². The molecule has 2 heterocycles. The normalized spacial score (nSPS) is 13.7. The number of fused-ring (bicyclic) bond motifs is 2. The number of ether oxygens (including phenoxy) is 2. The van der Waals surface area contributed by atoms with E-state index >= 15 is 0 Å². The van der Waals surface area contributed by atoms with Crippen LogP contribution in [-0.4, -0.2) is 29.4 Å². The maximum atomic E-state index is 12.1. The second-order valence-electron chi connectivity index (χ2n) is 7.03. The average molecular weight is 386 g/mol. The Morgan fingerprint density at radius 1 is 1.25 bits per heavy atom. The Bertz CT molecular complexity index is 1100. The van der Waals surface area contributed by atoms with E-state index in [2.05, 4.69) is 0 Å². The molecule has 0 bridgehead atoms. The fourth-order valence-corrected chi connectivity index (χ4v) is 2.65. The molecule has 0 aliphatic carbocycles. The van der Waals surface area contributed by atoms with Gasteiger partial charge in [-0.05, 0) is 39.8 Å². The van der Waals surface area contributed by atoms with Gasteiger partial charge in [-0.25, -0.2) is 9.59 Å². The molecule has 3 aromatic rings. The number of furan rings is 1. The van der Waals surface area contributed by atoms with Gasteiger partial charge >= 0.3 is 11.6 Å². The third-order valence-electron chi connectivity index (χ3n) is 4.48. The lowest BCUT2D eigenvalue weighted by atomic mass is 10.0. The summed E-state index contributed by atoms with van der Waals surface area (Å²) in [6.45, 7) is 6.33. The van der Waals surface area contributed by atoms with Crippen molar-refractivity contribution in [1.29, 1.82) is 0 Å². The van der Waals surface area contributed by atoms with Crippen LogP contribution in [0.15, 0.2) is 55.8 Å². The highest BCUT2D eigenvalue weighted by Crippen LogP contribution is 2.35. The van der Waals surface area contributed by atoms with Crippen molar-refractivity contribution in [3.8, 4) is 5.75 Å². The number of aliphatic hydroxyl groups is 1. The molecule has 1 aromatic carbocycles. The van der Waals surface area contributed by atoms with Crippen LogP contribution in [0.25, 0.3) is 21.9 Å². The van der Waals surface area contributed by atoms with E-state index in [1.165, 1.54) is 26.2 Å². The zero-order chi connectivity index (χ0) is 20.5. The summed E-state index contributed by atoms with van der Waals surface area (Å²) in [5.41, 5.74) is -0.603. The Labute approximate surface area is 161 Å². The van der Waals surface area contributed by atoms with E-state index in [-0.39, 0.29) is 6.61 Å². The number of carbonyl (C=O) groups is 1. The summed E-state index contributed by atoms with van der Waals surface area (Å²) in [4.78, 5) is 23.7. The molecular formula is C21H22O7. The molecule has 28 heavy (non-hydrogen) atoms. The number of carbonyl (C=O) groups excluding carboxylic acids is 1. The van der Waals surface area contributed by atoms with Gasteiger partial charge in [0.1, 0.15) is 23.5 Å². The molecule has 2 aromatic heterocycles. The van der Waals surface area contributed by atoms with E-state index < -0.39 is 23.3 Å². The zero-order valence-electron chi connectivity index (χ0n) is 16.1. The van der Waals surface area contributed by atoms with Gasteiger partial charge in [0.15, 0.2) is 6.10 Å². The van der Waals surface area contributed by atoms with Gasteiger partial charge in [-0.2, -0.15) is 0 Å². The minimum atomic E-state index is -1.34. The molecule has 0 fully saturated rings. The Balaban J connectivity index is 1.96. The molecule has 1 N–H and O–H groups in total. The number of benzene rings is 1. The van der Waals surface area contributed by atoms with E-state index in [1.807, 2.05) is 0 Å². The van der Waals surface area contributed by atoms with Crippen molar-refractivity contribution < 1.29 is 28.2 Å². The molecule has 7 nitrogen and oxygen atoms in total. The Kier molecular flexibility index (Phi) is 5.29. The molecule has 3 rings (SSSR count). The highest BCUT2D eigenvalue weighted by atomic mass is 16.6. The summed E-state index contributed by atoms with van der Waals surface area (Å²) < 4.78 is 22.0. The predicted octanol–water partition coefficient (Wildman–Crippen LogP) is 3.57. The minimum Gasteiger partial charge on any atom is -0.488 e. The molecule has 0 amide bonds. The number of hydrogen-bond donors (Lipinski definition) is 1. The summed E-state index contributed by atoms with van der Waals surface area (Å²) in [6, 6.07) is 6.23. The quantitative estimate of drug-likeness (QED) is 0.393. The molecule has 0 radical (unpaired) electrons. The lowest BCUT2D eigenvalue weighted by Gasteiger charge is -2.29. The summed E-state index contributed by atoms with van der Waals surface area (Å²) in [5, 5.41) is 11.7. The average Bonchev–Trinajstić information content (AvgIpc) is 3.10. The monoisotopic (exact) mass is 386 g/mol. The molecule has 0 saturated carbocycles. The van der Waals surface area contributed by atoms with Gasteiger partial charge in [-0.3, -0.25) is 0 Å². The number of esters is 1. The number of hydrogen-bond acceptors (Lipinski definition) is 7. The Morgan fingerprint density at radius 3 is 2.64 bits per heavy atom. The van der Waals surface area contributed by atoms with Crippen LogP contribution in [0.3, 0.4) is 0 Å². The molecule has 0 spiro atoms. The van der Waals surface area contributed by atoms with Crippen molar-refractivity contribution in [2.45, 2.75) is 39.4 Å². The molecule has 0 aliphatic heterocycles. The maximum absolute atomic E-state index is 12.1. The van der Waals surface area contributed by atoms with Crippen molar-refractivity contribution in [2.75, 3.05) is 6.61 Å². The second kappa shape index (κ2) is 7.52. The van der Waals surface area contributed by atoms with Crippen LogP contribution < -0.4 is 10.4 Å². The highest BCUT2D eigenvalue weighted by molar-refractivity contribution is 6.01. The van der Waals surface area contributed by atoms with E-state index in [0.717, 1.165) is 0 Å². The van der Waals surface area contributed by atoms with Crippen molar-refractivity contribution >= 4 is 27.9 Å². The largest absolute Gasteiger partial charge is 0.488 e. The van der Waals surface area contributed by atoms with Crippen LogP contribution >= 0.6 is 0 Å². The van der Waals surface area contributed by atoms with Crippen molar-refractivity contribution in [1.82, 2.24) is 0 Å². The van der Waals surface area contributed by atoms with Gasteiger partial charge in [0.25, 0.3) is 0 Å². The third-order valence-corrected chi connectivity index (χ3v) is 4.48. The van der Waals surface area contributed by atoms with E-state index in [4.69, 9.17) is 18.3 Å². The van der Waals surface area contributed by atoms with Gasteiger partial charge in [-0.1, -0.05) is 6.08 Å². The predicted molar refractivity (Wildman–Crippen MR) is 103 cm³/mol. The fourth-order valence-electron chi connectivity index (χ4n) is 2.65. The Hall–Kier alpha value is -3.06. The van der Waals surface area contributed by atoms with Crippen LogP contribution in [-0.2, 0) is 9.53 Å². The fraction of sp³-hybridized carbons (Fsp3) is 0.333. The van der Waals surface area contributed by atoms with Gasteiger partial charge in [0.2, 0.25) is 0 Å². The zero-order valence-corrected chi connectivity index (χ0v) is 16.1. The van der Waals surface area contributed by atoms with Crippen LogP contribution in [0.2, 0.25) is 0 Å². The Morgan fingerprint density at radius 2 is 1.96 bits per heavy atom. The van der Waals surface area contributed by atoms with Gasteiger partial charge in [0.05, 0.1) is 22.6 Å². The molecule has 148 valence electrons. The van der Waals surface area contributed by atoms with E-state index in [1.54, 1.807) is 38.1 Å². The van der Waals surface area contributed by atoms with Gasteiger partial charge < -0.3 is 23.4 Å². The second-order valence-corrected chi connectivity index (χ2v) is 7.03. The molecule has 0 aliphatic rings. The third kappa shape index (κ3) is 3.94. The SMILES string of the molecule is CC=C(C)C(=O)O[C@H](COc1c2ccoc2cc2oc(=O)ccc12)C(C)(C)O. The number of rotatable bonds is 6.